The third-order valence-corrected chi connectivity index (χ3v) is 4.33. The highest BCUT2D eigenvalue weighted by atomic mass is 35.5. The van der Waals surface area contributed by atoms with Gasteiger partial charge in [0.25, 0.3) is 11.5 Å². The molecule has 5 nitrogen and oxygen atoms in total. The Bertz CT molecular complexity index is 995. The predicted molar refractivity (Wildman–Crippen MR) is 95.8 cm³/mol. The first-order valence-corrected chi connectivity index (χ1v) is 7.95. The van der Waals surface area contributed by atoms with Gasteiger partial charge in [-0.2, -0.15) is 0 Å². The van der Waals surface area contributed by atoms with Gasteiger partial charge in [-0.1, -0.05) is 17.7 Å². The first-order valence-electron chi connectivity index (χ1n) is 7.58. The lowest BCUT2D eigenvalue weighted by molar-refractivity contribution is 0.102. The van der Waals surface area contributed by atoms with Crippen LogP contribution in [-0.4, -0.2) is 15.5 Å². The van der Waals surface area contributed by atoms with E-state index >= 15 is 0 Å². The lowest BCUT2D eigenvalue weighted by atomic mass is 10.1. The number of pyridine rings is 2. The van der Waals surface area contributed by atoms with Crippen molar-refractivity contribution in [2.75, 3.05) is 5.32 Å². The Hall–Kier alpha value is -2.66. The minimum absolute atomic E-state index is 0.0803. The fraction of sp³-hybridized carbons (Fsp3) is 0.167. The van der Waals surface area contributed by atoms with E-state index in [-0.39, 0.29) is 11.1 Å². The molecule has 1 aromatic carbocycles. The quantitative estimate of drug-likeness (QED) is 0.791. The topological polar surface area (TPSA) is 64.0 Å². The Kier molecular flexibility index (Phi) is 4.36. The third-order valence-electron chi connectivity index (χ3n) is 3.92. The van der Waals surface area contributed by atoms with Gasteiger partial charge in [0.2, 0.25) is 0 Å². The van der Waals surface area contributed by atoms with Crippen LogP contribution >= 0.6 is 11.6 Å². The molecule has 6 heteroatoms. The Labute approximate surface area is 143 Å². The number of anilines is 1. The first-order chi connectivity index (χ1) is 11.5. The lowest BCUT2D eigenvalue weighted by Gasteiger charge is -2.12. The van der Waals surface area contributed by atoms with Gasteiger partial charge in [0, 0.05) is 28.8 Å². The number of fused-ring (bicyclic) bond motifs is 1. The number of rotatable bonds is 3. The molecule has 0 aliphatic heterocycles. The van der Waals surface area contributed by atoms with Gasteiger partial charge >= 0.3 is 0 Å². The average Bonchev–Trinajstić information content (AvgIpc) is 2.58. The molecule has 0 radical (unpaired) electrons. The van der Waals surface area contributed by atoms with Gasteiger partial charge in [0.05, 0.1) is 0 Å². The molecule has 0 aliphatic rings. The zero-order valence-electron chi connectivity index (χ0n) is 13.3. The standard InChI is InChI=1S/C18H16ClN3O2/c1-3-22-16-12(6-5-9-20-16)10-13(18(22)24)17(23)21-15-8-4-7-14(19)11(15)2/h4-10H,3H2,1-2H3,(H,21,23). The second-order valence-electron chi connectivity index (χ2n) is 5.39. The average molecular weight is 342 g/mol. The maximum Gasteiger partial charge on any atom is 0.265 e. The minimum atomic E-state index is -0.460. The van der Waals surface area contributed by atoms with E-state index in [1.807, 2.05) is 19.9 Å². The SMILES string of the molecule is CCn1c(=O)c(C(=O)Nc2cccc(Cl)c2C)cc2cccnc21. The molecule has 0 bridgehead atoms. The molecule has 3 rings (SSSR count). The second-order valence-corrected chi connectivity index (χ2v) is 5.80. The number of nitrogens with zero attached hydrogens (tertiary/aromatic N) is 2. The van der Waals surface area contributed by atoms with E-state index in [2.05, 4.69) is 10.3 Å². The molecule has 0 saturated carbocycles. The van der Waals surface area contributed by atoms with Crippen LogP contribution in [0.2, 0.25) is 5.02 Å². The van der Waals surface area contributed by atoms with Crippen molar-refractivity contribution in [1.29, 1.82) is 0 Å². The third kappa shape index (κ3) is 2.78. The zero-order chi connectivity index (χ0) is 17.3. The molecule has 0 atom stereocenters. The smallest absolute Gasteiger partial charge is 0.265 e. The summed E-state index contributed by atoms with van der Waals surface area (Å²) in [5.74, 6) is -0.460. The molecule has 0 spiro atoms. The van der Waals surface area contributed by atoms with Gasteiger partial charge in [-0.3, -0.25) is 14.2 Å². The van der Waals surface area contributed by atoms with Crippen molar-refractivity contribution in [3.63, 3.8) is 0 Å². The second kappa shape index (κ2) is 6.45. The monoisotopic (exact) mass is 341 g/mol. The number of nitrogens with one attached hydrogen (secondary N) is 1. The van der Waals surface area contributed by atoms with E-state index < -0.39 is 5.91 Å². The van der Waals surface area contributed by atoms with E-state index in [9.17, 15) is 9.59 Å². The molecule has 1 N–H and O–H groups in total. The molecule has 0 aliphatic carbocycles. The summed E-state index contributed by atoms with van der Waals surface area (Å²) in [6.07, 6.45) is 1.63. The van der Waals surface area contributed by atoms with Gasteiger partial charge < -0.3 is 5.32 Å². The fourth-order valence-electron chi connectivity index (χ4n) is 2.59. The van der Waals surface area contributed by atoms with Gasteiger partial charge in [0.15, 0.2) is 0 Å². The van der Waals surface area contributed by atoms with Crippen LogP contribution in [0.1, 0.15) is 22.8 Å². The van der Waals surface area contributed by atoms with E-state index in [0.29, 0.717) is 22.9 Å². The van der Waals surface area contributed by atoms with Crippen molar-refractivity contribution in [1.82, 2.24) is 9.55 Å². The van der Waals surface area contributed by atoms with Gasteiger partial charge in [-0.25, -0.2) is 4.98 Å². The molecule has 2 aromatic heterocycles. The molecule has 24 heavy (non-hydrogen) atoms. The maximum absolute atomic E-state index is 12.6. The molecule has 0 saturated heterocycles. The van der Waals surface area contributed by atoms with Crippen LogP contribution in [0.15, 0.2) is 47.4 Å². The van der Waals surface area contributed by atoms with Crippen LogP contribution in [0.4, 0.5) is 5.69 Å². The summed E-state index contributed by atoms with van der Waals surface area (Å²) >= 11 is 6.07. The van der Waals surface area contributed by atoms with Gasteiger partial charge in [-0.05, 0) is 49.7 Å². The van der Waals surface area contributed by atoms with Gasteiger partial charge in [0.1, 0.15) is 11.2 Å². The molecule has 0 fully saturated rings. The lowest BCUT2D eigenvalue weighted by Crippen LogP contribution is -2.29. The van der Waals surface area contributed by atoms with Crippen molar-refractivity contribution in [3.8, 4) is 0 Å². The summed E-state index contributed by atoms with van der Waals surface area (Å²) < 4.78 is 1.50. The number of aryl methyl sites for hydroxylation is 1. The normalized spacial score (nSPS) is 10.8. The number of hydrogen-bond donors (Lipinski definition) is 1. The number of aromatic nitrogens is 2. The number of hydrogen-bond acceptors (Lipinski definition) is 3. The molecule has 2 heterocycles. The van der Waals surface area contributed by atoms with Crippen molar-refractivity contribution in [2.24, 2.45) is 0 Å². The highest BCUT2D eigenvalue weighted by molar-refractivity contribution is 6.31. The Morgan fingerprint density at radius 1 is 1.29 bits per heavy atom. The van der Waals surface area contributed by atoms with E-state index in [1.165, 1.54) is 4.57 Å². The van der Waals surface area contributed by atoms with Crippen molar-refractivity contribution in [3.05, 3.63) is 69.1 Å². The van der Waals surface area contributed by atoms with E-state index in [0.717, 1.165) is 10.9 Å². The molecule has 0 unspecified atom stereocenters. The van der Waals surface area contributed by atoms with E-state index in [4.69, 9.17) is 11.6 Å². The van der Waals surface area contributed by atoms with E-state index in [1.54, 1.807) is 36.5 Å². The number of amides is 1. The molecular formula is C18H16ClN3O2. The van der Waals surface area contributed by atoms with Gasteiger partial charge in [-0.15, -0.1) is 0 Å². The predicted octanol–water partition coefficient (Wildman–Crippen LogP) is 3.63. The molecular weight excluding hydrogens is 326 g/mol. The molecule has 1 amide bonds. The van der Waals surface area contributed by atoms with Crippen LogP contribution in [-0.2, 0) is 6.54 Å². The fourth-order valence-corrected chi connectivity index (χ4v) is 2.77. The minimum Gasteiger partial charge on any atom is -0.322 e. The Morgan fingerprint density at radius 3 is 2.83 bits per heavy atom. The summed E-state index contributed by atoms with van der Waals surface area (Å²) in [4.78, 5) is 29.5. The zero-order valence-corrected chi connectivity index (χ0v) is 14.1. The number of carbonyl (C=O) groups is 1. The highest BCUT2D eigenvalue weighted by Gasteiger charge is 2.16. The largest absolute Gasteiger partial charge is 0.322 e. The van der Waals surface area contributed by atoms with Crippen LogP contribution in [0.3, 0.4) is 0 Å². The summed E-state index contributed by atoms with van der Waals surface area (Å²) in [6, 6.07) is 10.4. The van der Waals surface area contributed by atoms with Crippen LogP contribution < -0.4 is 10.9 Å². The Balaban J connectivity index is 2.09. The van der Waals surface area contributed by atoms with Crippen molar-refractivity contribution >= 4 is 34.2 Å². The number of carbonyl (C=O) groups excluding carboxylic acids is 1. The molecule has 122 valence electrons. The van der Waals surface area contributed by atoms with Crippen LogP contribution in [0, 0.1) is 6.92 Å². The summed E-state index contributed by atoms with van der Waals surface area (Å²) in [6.45, 7) is 4.09. The molecule has 3 aromatic rings. The van der Waals surface area contributed by atoms with Crippen molar-refractivity contribution in [2.45, 2.75) is 20.4 Å². The highest BCUT2D eigenvalue weighted by Crippen LogP contribution is 2.23. The van der Waals surface area contributed by atoms with Crippen molar-refractivity contribution < 1.29 is 4.79 Å². The maximum atomic E-state index is 12.6. The number of benzene rings is 1. The first kappa shape index (κ1) is 16.2. The Morgan fingerprint density at radius 2 is 2.08 bits per heavy atom. The number of halogens is 1. The summed E-state index contributed by atoms with van der Waals surface area (Å²) in [5.41, 5.74) is 1.63. The van der Waals surface area contributed by atoms with Crippen LogP contribution in [0.5, 0.6) is 0 Å². The summed E-state index contributed by atoms with van der Waals surface area (Å²) in [5, 5.41) is 4.07. The summed E-state index contributed by atoms with van der Waals surface area (Å²) in [7, 11) is 0. The van der Waals surface area contributed by atoms with Crippen LogP contribution in [0.25, 0.3) is 11.0 Å².